The Balaban J connectivity index is 0.000000344. The molecule has 0 amide bonds. The molecule has 0 aliphatic heterocycles. The van der Waals surface area contributed by atoms with Crippen LogP contribution in [0.3, 0.4) is 0 Å². The van der Waals surface area contributed by atoms with Crippen molar-refractivity contribution in [1.82, 2.24) is 0 Å². The van der Waals surface area contributed by atoms with Gasteiger partial charge in [0.05, 0.1) is 0 Å². The van der Waals surface area contributed by atoms with Gasteiger partial charge in [-0.3, -0.25) is 0 Å². The second kappa shape index (κ2) is 9.11. The SMILES string of the molecule is CC(C)(C)[P@@](c1ccccc1)[c-]1cccc1.[Fe].[cH-]1[cH-][cH-][cH-][cH-]1. The van der Waals surface area contributed by atoms with E-state index in [1.165, 1.54) is 10.6 Å². The summed E-state index contributed by atoms with van der Waals surface area (Å²) < 4.78 is 0. The standard InChI is InChI=1S/C15H18P.C5H5.Fe/c1-15(2,3)16(14-11-7-8-12-14)13-9-5-4-6-10-13;1-2-4-5-3-1;/h4-12H,1-3H3;1-5H;/q-1;-5;/t16-;;/m0../s1. The normalized spacial score (nSPS) is 11.8. The molecule has 22 heavy (non-hydrogen) atoms. The molecule has 0 fully saturated rings. The Bertz CT molecular complexity index is 572. The van der Waals surface area contributed by atoms with Crippen LogP contribution in [0.1, 0.15) is 20.8 Å². The molecule has 0 bridgehead atoms. The monoisotopic (exact) mass is 350 g/mol. The Morgan fingerprint density at radius 1 is 0.773 bits per heavy atom. The summed E-state index contributed by atoms with van der Waals surface area (Å²) in [6.45, 7) is 7.00. The molecule has 0 aliphatic carbocycles. The minimum atomic E-state index is -0.255. The maximum atomic E-state index is 2.33. The molecular formula is C20H23FeP-6. The van der Waals surface area contributed by atoms with Gasteiger partial charge in [0.25, 0.3) is 0 Å². The smallest absolute Gasteiger partial charge is 0 e. The predicted molar refractivity (Wildman–Crippen MR) is 96.5 cm³/mol. The average Bonchev–Trinajstić information content (AvgIpc) is 3.15. The van der Waals surface area contributed by atoms with Crippen molar-refractivity contribution in [3.8, 4) is 0 Å². The molecule has 3 aromatic carbocycles. The number of rotatable bonds is 2. The van der Waals surface area contributed by atoms with E-state index in [-0.39, 0.29) is 25.0 Å². The third-order valence-corrected chi connectivity index (χ3v) is 6.11. The van der Waals surface area contributed by atoms with Gasteiger partial charge in [0.1, 0.15) is 0 Å². The van der Waals surface area contributed by atoms with E-state index in [1.54, 1.807) is 0 Å². The topological polar surface area (TPSA) is 0 Å². The van der Waals surface area contributed by atoms with Crippen LogP contribution in [0, 0.1) is 0 Å². The molecule has 0 spiro atoms. The van der Waals surface area contributed by atoms with E-state index in [1.807, 2.05) is 30.3 Å². The van der Waals surface area contributed by atoms with Gasteiger partial charge in [-0.05, 0) is 10.5 Å². The molecule has 0 aromatic heterocycles. The van der Waals surface area contributed by atoms with Gasteiger partial charge in [-0.25, -0.2) is 12.1 Å². The zero-order valence-electron chi connectivity index (χ0n) is 13.4. The first-order valence-corrected chi connectivity index (χ1v) is 8.67. The first kappa shape index (κ1) is 18.9. The number of hydrogen-bond donors (Lipinski definition) is 0. The van der Waals surface area contributed by atoms with Crippen LogP contribution < -0.4 is 10.6 Å². The first-order valence-electron chi connectivity index (χ1n) is 7.33. The van der Waals surface area contributed by atoms with Crippen LogP contribution in [0.5, 0.6) is 0 Å². The quantitative estimate of drug-likeness (QED) is 0.345. The average molecular weight is 350 g/mol. The summed E-state index contributed by atoms with van der Waals surface area (Å²) in [4.78, 5) is 0. The van der Waals surface area contributed by atoms with Crippen molar-refractivity contribution in [2.24, 2.45) is 0 Å². The summed E-state index contributed by atoms with van der Waals surface area (Å²) in [5, 5.41) is 3.26. The minimum Gasteiger partial charge on any atom is -0.748 e. The molecule has 0 radical (unpaired) electrons. The Kier molecular flexibility index (Phi) is 7.83. The second-order valence-corrected chi connectivity index (χ2v) is 8.99. The summed E-state index contributed by atoms with van der Waals surface area (Å²) >= 11 is 0. The van der Waals surface area contributed by atoms with Crippen molar-refractivity contribution in [3.05, 3.63) is 84.9 Å². The molecule has 1 atom stereocenters. The van der Waals surface area contributed by atoms with Crippen molar-refractivity contribution in [1.29, 1.82) is 0 Å². The van der Waals surface area contributed by atoms with Gasteiger partial charge < -0.3 is 30.3 Å². The number of benzene rings is 1. The molecule has 0 saturated heterocycles. The first-order chi connectivity index (χ1) is 10.1. The van der Waals surface area contributed by atoms with Crippen molar-refractivity contribution in [2.75, 3.05) is 0 Å². The van der Waals surface area contributed by atoms with E-state index in [4.69, 9.17) is 0 Å². The van der Waals surface area contributed by atoms with Gasteiger partial charge in [-0.1, -0.05) is 59.0 Å². The third kappa shape index (κ3) is 5.58. The maximum absolute atomic E-state index is 2.33. The molecule has 0 unspecified atom stereocenters. The van der Waals surface area contributed by atoms with Gasteiger partial charge in [-0.2, -0.15) is 12.1 Å². The third-order valence-electron chi connectivity index (χ3n) is 3.14. The predicted octanol–water partition coefficient (Wildman–Crippen LogP) is 5.04. The summed E-state index contributed by atoms with van der Waals surface area (Å²) in [7, 11) is -0.255. The fourth-order valence-corrected chi connectivity index (χ4v) is 5.12. The van der Waals surface area contributed by atoms with Gasteiger partial charge in [-0.15, -0.1) is 5.30 Å². The Labute approximate surface area is 146 Å². The summed E-state index contributed by atoms with van der Waals surface area (Å²) in [5.74, 6) is 0. The second-order valence-electron chi connectivity index (χ2n) is 5.95. The van der Waals surface area contributed by atoms with Gasteiger partial charge in [0.2, 0.25) is 0 Å². The number of hydrogen-bond acceptors (Lipinski definition) is 0. The Morgan fingerprint density at radius 3 is 1.64 bits per heavy atom. The van der Waals surface area contributed by atoms with Crippen molar-refractivity contribution in [2.45, 2.75) is 25.9 Å². The van der Waals surface area contributed by atoms with E-state index in [2.05, 4.69) is 75.4 Å². The molecule has 0 heterocycles. The van der Waals surface area contributed by atoms with E-state index in [0.29, 0.717) is 5.16 Å². The fraction of sp³-hybridized carbons (Fsp3) is 0.200. The summed E-state index contributed by atoms with van der Waals surface area (Å²) in [6.07, 6.45) is 0. The van der Waals surface area contributed by atoms with Crippen LogP contribution >= 0.6 is 7.92 Å². The molecule has 0 N–H and O–H groups in total. The van der Waals surface area contributed by atoms with Crippen molar-refractivity contribution in [3.63, 3.8) is 0 Å². The van der Waals surface area contributed by atoms with Crippen LogP contribution in [0.4, 0.5) is 0 Å². The van der Waals surface area contributed by atoms with Crippen LogP contribution in [0.15, 0.2) is 84.9 Å². The maximum Gasteiger partial charge on any atom is 0 e. The molecule has 3 rings (SSSR count). The largest absolute Gasteiger partial charge is 0.748 e. The van der Waals surface area contributed by atoms with E-state index in [0.717, 1.165) is 0 Å². The van der Waals surface area contributed by atoms with Crippen molar-refractivity contribution < 1.29 is 17.1 Å². The van der Waals surface area contributed by atoms with Crippen molar-refractivity contribution >= 4 is 18.5 Å². The molecule has 0 nitrogen and oxygen atoms in total. The Morgan fingerprint density at radius 2 is 1.23 bits per heavy atom. The van der Waals surface area contributed by atoms with Crippen LogP contribution in [-0.4, -0.2) is 5.16 Å². The molecule has 3 aromatic rings. The molecule has 0 aliphatic rings. The zero-order valence-corrected chi connectivity index (χ0v) is 15.4. The summed E-state index contributed by atoms with van der Waals surface area (Å²) in [6, 6.07) is 29.7. The Hall–Kier alpha value is -1.13. The molecular weight excluding hydrogens is 327 g/mol. The van der Waals surface area contributed by atoms with E-state index in [9.17, 15) is 0 Å². The molecule has 122 valence electrons. The molecule has 0 saturated carbocycles. The minimum absolute atomic E-state index is 0. The van der Waals surface area contributed by atoms with Gasteiger partial charge >= 0.3 is 0 Å². The zero-order chi connectivity index (χ0) is 15.1. The van der Waals surface area contributed by atoms with Crippen LogP contribution in [-0.2, 0) is 17.1 Å². The van der Waals surface area contributed by atoms with E-state index >= 15 is 0 Å². The van der Waals surface area contributed by atoms with E-state index < -0.39 is 0 Å². The fourth-order valence-electron chi connectivity index (χ4n) is 2.33. The van der Waals surface area contributed by atoms with Crippen LogP contribution in [0.2, 0.25) is 0 Å². The molecule has 2 heteroatoms. The van der Waals surface area contributed by atoms with Crippen LogP contribution in [0.25, 0.3) is 0 Å². The van der Waals surface area contributed by atoms with Gasteiger partial charge in [0, 0.05) is 17.1 Å². The van der Waals surface area contributed by atoms with Gasteiger partial charge in [0.15, 0.2) is 0 Å². The summed E-state index contributed by atoms with van der Waals surface area (Å²) in [5.41, 5.74) is 0.